The number of aryl methyl sites for hydroxylation is 1. The van der Waals surface area contributed by atoms with Gasteiger partial charge in [0.15, 0.2) is 6.61 Å². The van der Waals surface area contributed by atoms with Crippen molar-refractivity contribution in [2.24, 2.45) is 0 Å². The number of Topliss-reactive ketones (excluding diaryl/α,β-unsaturated/α-hetero) is 1. The summed E-state index contributed by atoms with van der Waals surface area (Å²) in [6.45, 7) is 6.04. The largest absolute Gasteiger partial charge is 0.462 e. The van der Waals surface area contributed by atoms with Crippen LogP contribution >= 0.6 is 11.6 Å². The fourth-order valence-corrected chi connectivity index (χ4v) is 3.07. The topological polar surface area (TPSA) is 115 Å². The maximum Gasteiger partial charge on any atom is 0.340 e. The highest BCUT2D eigenvalue weighted by molar-refractivity contribution is 6.33. The van der Waals surface area contributed by atoms with Gasteiger partial charge in [-0.15, -0.1) is 0 Å². The van der Waals surface area contributed by atoms with Gasteiger partial charge in [0.1, 0.15) is 6.04 Å². The van der Waals surface area contributed by atoms with Crippen LogP contribution in [0.25, 0.3) is 0 Å². The summed E-state index contributed by atoms with van der Waals surface area (Å²) in [7, 11) is 0. The standard InChI is InChI=1S/C21H23ClN2O6/c1-5-29-21(28)17-11(2)18(23-12(17)3)16(25)10-30-20(27)13(4)24-19(26)14-8-6-7-9-15(14)22/h6-9,13,23H,5,10H2,1-4H3,(H,24,26)/t13-/m1/s1. The molecule has 9 heteroatoms. The SMILES string of the molecule is CCOC(=O)c1c(C)[nH]c(C(=O)COC(=O)[C@@H](C)NC(=O)c2ccccc2Cl)c1C. The third-order valence-electron chi connectivity index (χ3n) is 4.36. The van der Waals surface area contributed by atoms with Crippen LogP contribution < -0.4 is 5.32 Å². The average Bonchev–Trinajstić information content (AvgIpc) is 3.00. The number of rotatable bonds is 8. The molecular formula is C21H23ClN2O6. The Morgan fingerprint density at radius 2 is 1.80 bits per heavy atom. The first kappa shape index (κ1) is 23.2. The van der Waals surface area contributed by atoms with E-state index in [0.29, 0.717) is 11.3 Å². The molecule has 1 atom stereocenters. The first-order valence-electron chi connectivity index (χ1n) is 9.28. The van der Waals surface area contributed by atoms with E-state index in [0.717, 1.165) is 0 Å². The zero-order valence-corrected chi connectivity index (χ0v) is 17.9. The highest BCUT2D eigenvalue weighted by Gasteiger charge is 2.25. The predicted molar refractivity (Wildman–Crippen MR) is 110 cm³/mol. The molecule has 8 nitrogen and oxygen atoms in total. The van der Waals surface area contributed by atoms with Crippen molar-refractivity contribution in [1.82, 2.24) is 10.3 Å². The number of ketones is 1. The van der Waals surface area contributed by atoms with Crippen LogP contribution in [-0.2, 0) is 14.3 Å². The van der Waals surface area contributed by atoms with Crippen molar-refractivity contribution >= 4 is 35.2 Å². The van der Waals surface area contributed by atoms with E-state index in [1.54, 1.807) is 39.0 Å². The molecular weight excluding hydrogens is 412 g/mol. The molecule has 2 rings (SSSR count). The quantitative estimate of drug-likeness (QED) is 0.487. The highest BCUT2D eigenvalue weighted by Crippen LogP contribution is 2.20. The van der Waals surface area contributed by atoms with Gasteiger partial charge < -0.3 is 19.8 Å². The number of amides is 1. The minimum absolute atomic E-state index is 0.163. The van der Waals surface area contributed by atoms with Gasteiger partial charge in [0.2, 0.25) is 5.78 Å². The number of aromatic amines is 1. The summed E-state index contributed by atoms with van der Waals surface area (Å²) < 4.78 is 10.0. The highest BCUT2D eigenvalue weighted by atomic mass is 35.5. The van der Waals surface area contributed by atoms with Gasteiger partial charge in [-0.1, -0.05) is 23.7 Å². The first-order valence-corrected chi connectivity index (χ1v) is 9.66. The van der Waals surface area contributed by atoms with E-state index in [-0.39, 0.29) is 28.5 Å². The van der Waals surface area contributed by atoms with Crippen molar-refractivity contribution in [2.75, 3.05) is 13.2 Å². The molecule has 0 aliphatic heterocycles. The molecule has 1 aromatic heterocycles. The van der Waals surface area contributed by atoms with E-state index in [2.05, 4.69) is 10.3 Å². The summed E-state index contributed by atoms with van der Waals surface area (Å²) in [4.78, 5) is 51.7. The van der Waals surface area contributed by atoms with Crippen LogP contribution in [0.15, 0.2) is 24.3 Å². The molecule has 0 saturated carbocycles. The summed E-state index contributed by atoms with van der Waals surface area (Å²) in [5.41, 5.74) is 1.58. The Bertz CT molecular complexity index is 982. The molecule has 1 amide bonds. The van der Waals surface area contributed by atoms with Crippen LogP contribution in [-0.4, -0.2) is 47.9 Å². The number of halogens is 1. The van der Waals surface area contributed by atoms with Gasteiger partial charge in [-0.2, -0.15) is 0 Å². The monoisotopic (exact) mass is 434 g/mol. The number of hydrogen-bond acceptors (Lipinski definition) is 6. The van der Waals surface area contributed by atoms with Gasteiger partial charge in [-0.25, -0.2) is 9.59 Å². The van der Waals surface area contributed by atoms with Crippen molar-refractivity contribution in [3.8, 4) is 0 Å². The number of H-pyrrole nitrogens is 1. The Labute approximate surface area is 178 Å². The van der Waals surface area contributed by atoms with Crippen LogP contribution in [0, 0.1) is 13.8 Å². The molecule has 2 aromatic rings. The molecule has 0 aliphatic carbocycles. The molecule has 30 heavy (non-hydrogen) atoms. The van der Waals surface area contributed by atoms with Gasteiger partial charge in [0, 0.05) is 5.69 Å². The Kier molecular flexibility index (Phi) is 7.77. The summed E-state index contributed by atoms with van der Waals surface area (Å²) in [6, 6.07) is 5.41. The molecule has 1 aromatic carbocycles. The van der Waals surface area contributed by atoms with Crippen molar-refractivity contribution < 1.29 is 28.7 Å². The summed E-state index contributed by atoms with van der Waals surface area (Å²) in [6.07, 6.45) is 0. The lowest BCUT2D eigenvalue weighted by Crippen LogP contribution is -2.40. The van der Waals surface area contributed by atoms with Gasteiger partial charge >= 0.3 is 11.9 Å². The van der Waals surface area contributed by atoms with Crippen molar-refractivity contribution in [3.63, 3.8) is 0 Å². The second-order valence-corrected chi connectivity index (χ2v) is 6.96. The smallest absolute Gasteiger partial charge is 0.340 e. The number of ether oxygens (including phenoxy) is 2. The molecule has 2 N–H and O–H groups in total. The van der Waals surface area contributed by atoms with Crippen LogP contribution in [0.5, 0.6) is 0 Å². The first-order chi connectivity index (χ1) is 14.2. The number of esters is 2. The maximum absolute atomic E-state index is 12.5. The number of benzene rings is 1. The second kappa shape index (κ2) is 10.1. The summed E-state index contributed by atoms with van der Waals surface area (Å²) in [5, 5.41) is 2.73. The fraction of sp³-hybridized carbons (Fsp3) is 0.333. The van der Waals surface area contributed by atoms with Crippen LogP contribution in [0.3, 0.4) is 0 Å². The summed E-state index contributed by atoms with van der Waals surface area (Å²) in [5.74, 6) is -2.36. The number of carbonyl (C=O) groups is 4. The number of hydrogen-bond donors (Lipinski definition) is 2. The second-order valence-electron chi connectivity index (χ2n) is 6.55. The fourth-order valence-electron chi connectivity index (χ4n) is 2.85. The average molecular weight is 435 g/mol. The number of aromatic nitrogens is 1. The van der Waals surface area contributed by atoms with Crippen LogP contribution in [0.1, 0.15) is 56.3 Å². The van der Waals surface area contributed by atoms with Gasteiger partial charge in [0.05, 0.1) is 28.5 Å². The molecule has 160 valence electrons. The van der Waals surface area contributed by atoms with E-state index in [1.807, 2.05) is 0 Å². The minimum Gasteiger partial charge on any atom is -0.462 e. The zero-order chi connectivity index (χ0) is 22.4. The Morgan fingerprint density at radius 3 is 2.43 bits per heavy atom. The van der Waals surface area contributed by atoms with Gasteiger partial charge in [-0.05, 0) is 45.4 Å². The minimum atomic E-state index is -0.997. The Morgan fingerprint density at radius 1 is 1.13 bits per heavy atom. The van der Waals surface area contributed by atoms with E-state index in [4.69, 9.17) is 21.1 Å². The molecule has 0 saturated heterocycles. The van der Waals surface area contributed by atoms with Crippen molar-refractivity contribution in [2.45, 2.75) is 33.7 Å². The van der Waals surface area contributed by atoms with Crippen molar-refractivity contribution in [1.29, 1.82) is 0 Å². The molecule has 0 bridgehead atoms. The molecule has 0 unspecified atom stereocenters. The number of carbonyl (C=O) groups excluding carboxylic acids is 4. The van der Waals surface area contributed by atoms with Crippen LogP contribution in [0.4, 0.5) is 0 Å². The summed E-state index contributed by atoms with van der Waals surface area (Å²) >= 11 is 5.97. The lowest BCUT2D eigenvalue weighted by Gasteiger charge is -2.13. The predicted octanol–water partition coefficient (Wildman–Crippen LogP) is 3.01. The molecule has 0 radical (unpaired) electrons. The normalized spacial score (nSPS) is 11.5. The Balaban J connectivity index is 1.98. The van der Waals surface area contributed by atoms with E-state index >= 15 is 0 Å². The number of nitrogens with one attached hydrogen (secondary N) is 2. The third-order valence-corrected chi connectivity index (χ3v) is 4.69. The van der Waals surface area contributed by atoms with Gasteiger partial charge in [0.25, 0.3) is 5.91 Å². The molecule has 1 heterocycles. The van der Waals surface area contributed by atoms with E-state index in [9.17, 15) is 19.2 Å². The van der Waals surface area contributed by atoms with E-state index < -0.39 is 36.3 Å². The lowest BCUT2D eigenvalue weighted by atomic mass is 10.1. The third kappa shape index (κ3) is 5.27. The molecule has 0 fully saturated rings. The van der Waals surface area contributed by atoms with Crippen LogP contribution in [0.2, 0.25) is 5.02 Å². The lowest BCUT2D eigenvalue weighted by molar-refractivity contribution is -0.144. The zero-order valence-electron chi connectivity index (χ0n) is 17.1. The molecule has 0 spiro atoms. The maximum atomic E-state index is 12.5. The van der Waals surface area contributed by atoms with Crippen molar-refractivity contribution in [3.05, 3.63) is 57.4 Å². The Hall–Kier alpha value is -3.13. The van der Waals surface area contributed by atoms with Gasteiger partial charge in [-0.3, -0.25) is 9.59 Å². The van der Waals surface area contributed by atoms with E-state index in [1.165, 1.54) is 13.0 Å². The molecule has 0 aliphatic rings.